The van der Waals surface area contributed by atoms with Crippen LogP contribution in [0, 0.1) is 10.8 Å². The third kappa shape index (κ3) is 8.71. The number of carbonyl (C=O) groups excluding carboxylic acids is 4. The lowest BCUT2D eigenvalue weighted by atomic mass is 9.70. The predicted molar refractivity (Wildman–Crippen MR) is 124 cm³/mol. The number of ether oxygens (including phenoxy) is 2. The average Bonchev–Trinajstić information content (AvgIpc) is 2.61. The van der Waals surface area contributed by atoms with E-state index in [1.165, 1.54) is 12.2 Å². The first kappa shape index (κ1) is 27.8. The zero-order chi connectivity index (χ0) is 24.7. The summed E-state index contributed by atoms with van der Waals surface area (Å²) in [7, 11) is 0. The summed E-state index contributed by atoms with van der Waals surface area (Å²) in [4.78, 5) is 49.4. The topological polar surface area (TPSA) is 86.7 Å². The minimum absolute atomic E-state index is 0.150. The summed E-state index contributed by atoms with van der Waals surface area (Å²) >= 11 is 0. The third-order valence-corrected chi connectivity index (χ3v) is 5.64. The Morgan fingerprint density at radius 2 is 1.03 bits per heavy atom. The maximum absolute atomic E-state index is 12.9. The van der Waals surface area contributed by atoms with Gasteiger partial charge in [0.1, 0.15) is 0 Å². The largest absolute Gasteiger partial charge is 0.463 e. The van der Waals surface area contributed by atoms with E-state index < -0.39 is 10.8 Å². The summed E-state index contributed by atoms with van der Waals surface area (Å²) in [5.41, 5.74) is -0.116. The zero-order valence-electron chi connectivity index (χ0n) is 21.0. The molecule has 0 atom stereocenters. The lowest BCUT2D eigenvalue weighted by molar-refractivity contribution is -0.148. The number of ketones is 2. The Kier molecular flexibility index (Phi) is 10.1. The van der Waals surface area contributed by atoms with E-state index in [-0.39, 0.29) is 48.6 Å². The van der Waals surface area contributed by atoms with Crippen molar-refractivity contribution in [1.82, 2.24) is 0 Å². The number of rotatable bonds is 12. The fourth-order valence-electron chi connectivity index (χ4n) is 3.88. The van der Waals surface area contributed by atoms with E-state index in [2.05, 4.69) is 0 Å². The fraction of sp³-hybridized carbons (Fsp3) is 0.692. The summed E-state index contributed by atoms with van der Waals surface area (Å²) in [5, 5.41) is 0. The SMILES string of the molecule is CC(C)OC(=O)CCCC(C)(C)C1=CC(=O)C(C(C)(C)CCCC(=O)OC(C)C)=CC1=O. The normalized spacial score (nSPS) is 15.1. The molecule has 0 saturated carbocycles. The standard InChI is InChI=1S/C26H40O6/c1-17(2)31-23(29)11-9-13-25(5,6)19-15-22(28)20(16-21(19)27)26(7,8)14-10-12-24(30)32-18(3)4/h15-18H,9-14H2,1-8H3. The molecule has 0 spiro atoms. The van der Waals surface area contributed by atoms with E-state index in [4.69, 9.17) is 9.47 Å². The van der Waals surface area contributed by atoms with Gasteiger partial charge in [-0.2, -0.15) is 0 Å². The molecule has 32 heavy (non-hydrogen) atoms. The minimum Gasteiger partial charge on any atom is -0.463 e. The molecule has 1 aliphatic rings. The van der Waals surface area contributed by atoms with Crippen molar-refractivity contribution in [3.63, 3.8) is 0 Å². The maximum atomic E-state index is 12.9. The molecule has 0 unspecified atom stereocenters. The van der Waals surface area contributed by atoms with Crippen LogP contribution >= 0.6 is 0 Å². The Morgan fingerprint density at radius 1 is 0.719 bits per heavy atom. The van der Waals surface area contributed by atoms with Gasteiger partial charge in [0.05, 0.1) is 12.2 Å². The van der Waals surface area contributed by atoms with E-state index in [1.807, 2.05) is 55.4 Å². The van der Waals surface area contributed by atoms with Gasteiger partial charge in [0.25, 0.3) is 0 Å². The van der Waals surface area contributed by atoms with Crippen molar-refractivity contribution in [3.05, 3.63) is 23.3 Å². The molecule has 0 heterocycles. The molecule has 6 heteroatoms. The zero-order valence-corrected chi connectivity index (χ0v) is 21.0. The van der Waals surface area contributed by atoms with Gasteiger partial charge in [0.2, 0.25) is 0 Å². The van der Waals surface area contributed by atoms with E-state index >= 15 is 0 Å². The van der Waals surface area contributed by atoms with Crippen LogP contribution in [-0.4, -0.2) is 35.7 Å². The summed E-state index contributed by atoms with van der Waals surface area (Å²) in [5.74, 6) is -0.836. The van der Waals surface area contributed by atoms with Crippen LogP contribution in [0.25, 0.3) is 0 Å². The van der Waals surface area contributed by atoms with Crippen molar-refractivity contribution in [2.45, 2.75) is 106 Å². The van der Waals surface area contributed by atoms with Crippen LogP contribution in [0.15, 0.2) is 23.3 Å². The Balaban J connectivity index is 2.75. The number of hydrogen-bond donors (Lipinski definition) is 0. The summed E-state index contributed by atoms with van der Waals surface area (Å²) < 4.78 is 10.3. The van der Waals surface area contributed by atoms with E-state index in [1.54, 1.807) is 0 Å². The molecule has 0 aliphatic heterocycles. The smallest absolute Gasteiger partial charge is 0.306 e. The molecule has 0 saturated heterocycles. The lowest BCUT2D eigenvalue weighted by Crippen LogP contribution is -2.30. The second-order valence-corrected chi connectivity index (χ2v) is 10.4. The van der Waals surface area contributed by atoms with Gasteiger partial charge in [-0.25, -0.2) is 0 Å². The fourth-order valence-corrected chi connectivity index (χ4v) is 3.88. The third-order valence-electron chi connectivity index (χ3n) is 5.64. The van der Waals surface area contributed by atoms with Gasteiger partial charge in [0, 0.05) is 24.0 Å². The molecule has 0 aromatic carbocycles. The molecule has 6 nitrogen and oxygen atoms in total. The first-order valence-electron chi connectivity index (χ1n) is 11.6. The van der Waals surface area contributed by atoms with Crippen molar-refractivity contribution >= 4 is 23.5 Å². The highest BCUT2D eigenvalue weighted by Gasteiger charge is 2.36. The number of allylic oxidation sites excluding steroid dienone is 4. The molecule has 0 radical (unpaired) electrons. The van der Waals surface area contributed by atoms with Gasteiger partial charge in [-0.15, -0.1) is 0 Å². The van der Waals surface area contributed by atoms with Crippen LogP contribution in [0.2, 0.25) is 0 Å². The van der Waals surface area contributed by atoms with Crippen molar-refractivity contribution in [3.8, 4) is 0 Å². The molecule has 0 N–H and O–H groups in total. The number of esters is 2. The van der Waals surface area contributed by atoms with Crippen LogP contribution in [0.4, 0.5) is 0 Å². The molecule has 0 fully saturated rings. The molecular formula is C26H40O6. The quantitative estimate of drug-likeness (QED) is 0.298. The molecule has 0 bridgehead atoms. The molecule has 180 valence electrons. The van der Waals surface area contributed by atoms with Crippen LogP contribution in [-0.2, 0) is 28.7 Å². The minimum atomic E-state index is -0.530. The number of hydrogen-bond acceptors (Lipinski definition) is 6. The van der Waals surface area contributed by atoms with Gasteiger partial charge in [0.15, 0.2) is 11.6 Å². The highest BCUT2D eigenvalue weighted by molar-refractivity contribution is 6.20. The predicted octanol–water partition coefficient (Wildman–Crippen LogP) is 5.29. The molecular weight excluding hydrogens is 408 g/mol. The van der Waals surface area contributed by atoms with Crippen molar-refractivity contribution in [2.75, 3.05) is 0 Å². The van der Waals surface area contributed by atoms with Crippen LogP contribution < -0.4 is 0 Å². The summed E-state index contributed by atoms with van der Waals surface area (Å²) in [6.07, 6.45) is 5.52. The molecule has 1 aliphatic carbocycles. The molecule has 0 aromatic heterocycles. The first-order chi connectivity index (χ1) is 14.7. The van der Waals surface area contributed by atoms with Gasteiger partial charge in [-0.1, -0.05) is 27.7 Å². The van der Waals surface area contributed by atoms with Gasteiger partial charge in [-0.05, 0) is 76.4 Å². The van der Waals surface area contributed by atoms with Crippen molar-refractivity contribution < 1.29 is 28.7 Å². The van der Waals surface area contributed by atoms with Crippen LogP contribution in [0.5, 0.6) is 0 Å². The summed E-state index contributed by atoms with van der Waals surface area (Å²) in [6.45, 7) is 14.9. The Bertz CT molecular complexity index is 714. The van der Waals surface area contributed by atoms with E-state index in [0.717, 1.165) is 0 Å². The second-order valence-electron chi connectivity index (χ2n) is 10.4. The average molecular weight is 449 g/mol. The molecule has 0 amide bonds. The van der Waals surface area contributed by atoms with Crippen molar-refractivity contribution in [2.24, 2.45) is 10.8 Å². The maximum Gasteiger partial charge on any atom is 0.306 e. The monoisotopic (exact) mass is 448 g/mol. The van der Waals surface area contributed by atoms with Crippen molar-refractivity contribution in [1.29, 1.82) is 0 Å². The molecule has 1 rings (SSSR count). The van der Waals surface area contributed by atoms with Crippen LogP contribution in [0.1, 0.15) is 93.9 Å². The van der Waals surface area contributed by atoms with E-state index in [0.29, 0.717) is 36.8 Å². The Morgan fingerprint density at radius 3 is 1.31 bits per heavy atom. The van der Waals surface area contributed by atoms with E-state index in [9.17, 15) is 19.2 Å². The highest BCUT2D eigenvalue weighted by Crippen LogP contribution is 2.40. The number of carbonyl (C=O) groups is 4. The summed E-state index contributed by atoms with van der Waals surface area (Å²) in [6, 6.07) is 0. The van der Waals surface area contributed by atoms with Gasteiger partial charge >= 0.3 is 11.9 Å². The van der Waals surface area contributed by atoms with Gasteiger partial charge in [-0.3, -0.25) is 19.2 Å². The highest BCUT2D eigenvalue weighted by atomic mass is 16.5. The lowest BCUT2D eigenvalue weighted by Gasteiger charge is -2.32. The van der Waals surface area contributed by atoms with Gasteiger partial charge < -0.3 is 9.47 Å². The second kappa shape index (κ2) is 11.6. The Hall–Kier alpha value is -2.24. The Labute approximate surface area is 192 Å². The molecule has 0 aromatic rings. The first-order valence-corrected chi connectivity index (χ1v) is 11.6. The van der Waals surface area contributed by atoms with Crippen LogP contribution in [0.3, 0.4) is 0 Å².